The predicted molar refractivity (Wildman–Crippen MR) is 31.6 cm³/mol. The van der Waals surface area contributed by atoms with Crippen LogP contribution in [0.25, 0.3) is 0 Å². The first-order valence-corrected chi connectivity index (χ1v) is 2.60. The Hall–Kier alpha value is -0.500. The van der Waals surface area contributed by atoms with Crippen molar-refractivity contribution in [1.29, 1.82) is 0 Å². The first-order chi connectivity index (χ1) is 3.68. The molecule has 0 saturated carbocycles. The number of rotatable bonds is 2. The molecule has 0 unspecified atom stereocenters. The fourth-order valence-corrected chi connectivity index (χ4v) is 0.272. The van der Waals surface area contributed by atoms with Crippen LogP contribution < -0.4 is 0 Å². The topological polar surface area (TPSA) is 26.3 Å². The van der Waals surface area contributed by atoms with Gasteiger partial charge in [0.05, 0.1) is 0 Å². The minimum Gasteiger partial charge on any atom is -0.446 e. The van der Waals surface area contributed by atoms with Crippen LogP contribution in [0.15, 0.2) is 12.2 Å². The molecule has 0 aliphatic heterocycles. The molecule has 0 aromatic heterocycles. The van der Waals surface area contributed by atoms with Gasteiger partial charge in [0.15, 0.2) is 6.07 Å². The minimum absolute atomic E-state index is 0.105. The average molecular weight is 135 g/mol. The Kier molecular flexibility index (Phi) is 3.28. The van der Waals surface area contributed by atoms with Crippen molar-refractivity contribution in [2.24, 2.45) is 0 Å². The van der Waals surface area contributed by atoms with Crippen molar-refractivity contribution in [3.8, 4) is 0 Å². The maximum absolute atomic E-state index is 10.3. The van der Waals surface area contributed by atoms with Crippen molar-refractivity contribution in [3.05, 3.63) is 12.2 Å². The van der Waals surface area contributed by atoms with Crippen molar-refractivity contribution < 1.29 is 9.53 Å². The van der Waals surface area contributed by atoms with Crippen LogP contribution in [-0.4, -0.2) is 12.0 Å². The Morgan fingerprint density at radius 3 is 2.50 bits per heavy atom. The molecular weight excluding hydrogens is 128 g/mol. The summed E-state index contributed by atoms with van der Waals surface area (Å²) in [6.45, 7) is 4.90. The monoisotopic (exact) mass is 134 g/mol. The highest BCUT2D eigenvalue weighted by atomic mass is 35.5. The molecule has 46 valence electrons. The van der Waals surface area contributed by atoms with Crippen LogP contribution >= 0.6 is 11.6 Å². The largest absolute Gasteiger partial charge is 0.446 e. The number of alkyl halides is 1. The highest BCUT2D eigenvalue weighted by molar-refractivity contribution is 6.17. The van der Waals surface area contributed by atoms with Gasteiger partial charge in [-0.25, -0.2) is 4.79 Å². The number of esters is 1. The van der Waals surface area contributed by atoms with E-state index in [-0.39, 0.29) is 6.07 Å². The second-order valence-corrected chi connectivity index (χ2v) is 1.54. The molecule has 0 atom stereocenters. The van der Waals surface area contributed by atoms with E-state index in [4.69, 9.17) is 11.6 Å². The summed E-state index contributed by atoms with van der Waals surface area (Å²) < 4.78 is 4.33. The standard InChI is InChI=1S/C5H7ClO2/c1-4(2)5(7)8-3-6/h1,3H2,2H3. The number of halogens is 1. The molecule has 0 N–H and O–H groups in total. The van der Waals surface area contributed by atoms with Gasteiger partial charge in [0.1, 0.15) is 0 Å². The van der Waals surface area contributed by atoms with Crippen LogP contribution in [-0.2, 0) is 9.53 Å². The van der Waals surface area contributed by atoms with Gasteiger partial charge in [0, 0.05) is 5.57 Å². The van der Waals surface area contributed by atoms with Gasteiger partial charge in [0.25, 0.3) is 0 Å². The van der Waals surface area contributed by atoms with Crippen LogP contribution in [0, 0.1) is 0 Å². The van der Waals surface area contributed by atoms with Crippen molar-refractivity contribution in [3.63, 3.8) is 0 Å². The maximum Gasteiger partial charge on any atom is 0.334 e. The van der Waals surface area contributed by atoms with Crippen LogP contribution in [0.3, 0.4) is 0 Å². The third kappa shape index (κ3) is 2.64. The molecule has 0 fully saturated rings. The average Bonchev–Trinajstić information content (AvgIpc) is 1.67. The van der Waals surface area contributed by atoms with E-state index in [1.165, 1.54) is 0 Å². The molecule has 0 rings (SSSR count). The minimum atomic E-state index is -0.444. The number of hydrogen-bond acceptors (Lipinski definition) is 2. The lowest BCUT2D eigenvalue weighted by Gasteiger charge is -1.95. The molecule has 0 aromatic rings. The van der Waals surface area contributed by atoms with Gasteiger partial charge in [-0.1, -0.05) is 18.2 Å². The molecule has 0 bridgehead atoms. The van der Waals surface area contributed by atoms with Crippen molar-refractivity contribution in [2.45, 2.75) is 6.92 Å². The van der Waals surface area contributed by atoms with Crippen molar-refractivity contribution >= 4 is 17.6 Å². The first kappa shape index (κ1) is 7.50. The van der Waals surface area contributed by atoms with Crippen LogP contribution in [0.1, 0.15) is 6.92 Å². The Bertz CT molecular complexity index is 109. The number of carbonyl (C=O) groups excluding carboxylic acids is 1. The summed E-state index contributed by atoms with van der Waals surface area (Å²) in [7, 11) is 0. The lowest BCUT2D eigenvalue weighted by molar-refractivity contribution is -0.136. The molecule has 0 heterocycles. The fourth-order valence-electron chi connectivity index (χ4n) is 0.173. The zero-order valence-electron chi connectivity index (χ0n) is 4.61. The zero-order valence-corrected chi connectivity index (χ0v) is 5.36. The Morgan fingerprint density at radius 2 is 2.38 bits per heavy atom. The van der Waals surface area contributed by atoms with E-state index in [1.54, 1.807) is 6.92 Å². The van der Waals surface area contributed by atoms with E-state index < -0.39 is 5.97 Å². The quantitative estimate of drug-likeness (QED) is 0.323. The van der Waals surface area contributed by atoms with Crippen LogP contribution in [0.2, 0.25) is 0 Å². The SMILES string of the molecule is C=C(C)C(=O)OCCl. The van der Waals surface area contributed by atoms with Crippen molar-refractivity contribution in [1.82, 2.24) is 0 Å². The van der Waals surface area contributed by atoms with Crippen LogP contribution in [0.4, 0.5) is 0 Å². The van der Waals surface area contributed by atoms with E-state index in [2.05, 4.69) is 11.3 Å². The molecule has 0 spiro atoms. The molecule has 0 aliphatic carbocycles. The smallest absolute Gasteiger partial charge is 0.334 e. The summed E-state index contributed by atoms with van der Waals surface area (Å²) in [6, 6.07) is -0.105. The second kappa shape index (κ2) is 3.50. The third-order valence-corrected chi connectivity index (χ3v) is 0.643. The molecule has 0 saturated heterocycles. The van der Waals surface area contributed by atoms with Crippen molar-refractivity contribution in [2.75, 3.05) is 6.07 Å². The second-order valence-electron chi connectivity index (χ2n) is 1.32. The highest BCUT2D eigenvalue weighted by Gasteiger charge is 1.98. The van der Waals surface area contributed by atoms with Crippen LogP contribution in [0.5, 0.6) is 0 Å². The van der Waals surface area contributed by atoms with Gasteiger partial charge in [-0.15, -0.1) is 0 Å². The lowest BCUT2D eigenvalue weighted by atomic mass is 10.4. The fraction of sp³-hybridized carbons (Fsp3) is 0.400. The summed E-state index contributed by atoms with van der Waals surface area (Å²) in [6.07, 6.45) is 0. The van der Waals surface area contributed by atoms with E-state index in [0.717, 1.165) is 0 Å². The summed E-state index contributed by atoms with van der Waals surface area (Å²) in [5, 5.41) is 0. The molecule has 0 radical (unpaired) electrons. The van der Waals surface area contributed by atoms with Gasteiger partial charge in [0.2, 0.25) is 0 Å². The molecule has 0 amide bonds. The third-order valence-electron chi connectivity index (χ3n) is 0.534. The van der Waals surface area contributed by atoms with E-state index in [0.29, 0.717) is 5.57 Å². The number of ether oxygens (including phenoxy) is 1. The Labute approximate surface area is 53.1 Å². The van der Waals surface area contributed by atoms with E-state index in [1.807, 2.05) is 0 Å². The molecule has 0 aliphatic rings. The number of hydrogen-bond donors (Lipinski definition) is 0. The van der Waals surface area contributed by atoms with Gasteiger partial charge in [-0.05, 0) is 6.92 Å². The molecule has 8 heavy (non-hydrogen) atoms. The molecule has 2 nitrogen and oxygen atoms in total. The lowest BCUT2D eigenvalue weighted by Crippen LogP contribution is -2.02. The zero-order chi connectivity index (χ0) is 6.57. The van der Waals surface area contributed by atoms with Gasteiger partial charge in [-0.2, -0.15) is 0 Å². The molecule has 3 heteroatoms. The highest BCUT2D eigenvalue weighted by Crippen LogP contribution is 1.91. The number of carbonyl (C=O) groups is 1. The van der Waals surface area contributed by atoms with Gasteiger partial charge >= 0.3 is 5.97 Å². The van der Waals surface area contributed by atoms with E-state index >= 15 is 0 Å². The summed E-state index contributed by atoms with van der Waals surface area (Å²) in [5.41, 5.74) is 0.366. The maximum atomic E-state index is 10.3. The normalized spacial score (nSPS) is 8.25. The summed E-state index contributed by atoms with van der Waals surface area (Å²) >= 11 is 5.06. The molecular formula is C5H7ClO2. The first-order valence-electron chi connectivity index (χ1n) is 2.07. The Morgan fingerprint density at radius 1 is 1.88 bits per heavy atom. The Balaban J connectivity index is 3.49. The van der Waals surface area contributed by atoms with Gasteiger partial charge < -0.3 is 4.74 Å². The molecule has 0 aromatic carbocycles. The van der Waals surface area contributed by atoms with E-state index in [9.17, 15) is 4.79 Å². The predicted octanol–water partition coefficient (Wildman–Crippen LogP) is 1.30. The summed E-state index contributed by atoms with van der Waals surface area (Å²) in [5.74, 6) is -0.444. The summed E-state index contributed by atoms with van der Waals surface area (Å²) in [4.78, 5) is 10.3. The van der Waals surface area contributed by atoms with Gasteiger partial charge in [-0.3, -0.25) is 0 Å².